The van der Waals surface area contributed by atoms with Crippen molar-refractivity contribution in [3.63, 3.8) is 0 Å². The number of hydrogen-bond donors (Lipinski definition) is 3. The number of ether oxygens (including phenoxy) is 1. The van der Waals surface area contributed by atoms with Gasteiger partial charge in [-0.05, 0) is 30.7 Å². The molecule has 0 saturated heterocycles. The first-order valence-corrected chi connectivity index (χ1v) is 6.96. The smallest absolute Gasteiger partial charge is 0.173 e. The van der Waals surface area contributed by atoms with Crippen LogP contribution in [0.25, 0.3) is 0 Å². The second kappa shape index (κ2) is 6.39. The molecule has 0 amide bonds. The predicted molar refractivity (Wildman–Crippen MR) is 81.8 cm³/mol. The number of carbonyl (C=O) groups is 1. The zero-order chi connectivity index (χ0) is 16.3. The van der Waals surface area contributed by atoms with Gasteiger partial charge in [0.15, 0.2) is 17.3 Å². The lowest BCUT2D eigenvalue weighted by Gasteiger charge is -2.15. The molecule has 1 atom stereocenters. The van der Waals surface area contributed by atoms with E-state index in [1.807, 2.05) is 0 Å². The molecule has 0 spiro atoms. The van der Waals surface area contributed by atoms with Crippen LogP contribution in [-0.2, 0) is 0 Å². The Morgan fingerprint density at radius 1 is 1.09 bits per heavy atom. The van der Waals surface area contributed by atoms with Crippen molar-refractivity contribution in [2.45, 2.75) is 19.8 Å². The van der Waals surface area contributed by atoms with Gasteiger partial charge in [0.2, 0.25) is 0 Å². The number of benzene rings is 2. The highest BCUT2D eigenvalue weighted by molar-refractivity contribution is 6.03. The van der Waals surface area contributed by atoms with Gasteiger partial charge in [-0.2, -0.15) is 0 Å². The van der Waals surface area contributed by atoms with E-state index in [-0.39, 0.29) is 34.3 Å². The van der Waals surface area contributed by atoms with Crippen LogP contribution in [0, 0.1) is 0 Å². The predicted octanol–water partition coefficient (Wildman–Crippen LogP) is 3.19. The van der Waals surface area contributed by atoms with Crippen molar-refractivity contribution in [2.75, 3.05) is 6.61 Å². The third-order valence-corrected chi connectivity index (χ3v) is 3.43. The molecule has 0 aliphatic carbocycles. The molecular weight excluding hydrogens is 284 g/mol. The van der Waals surface area contributed by atoms with Crippen LogP contribution in [0.15, 0.2) is 36.4 Å². The zero-order valence-electron chi connectivity index (χ0n) is 12.4. The normalized spacial score (nSPS) is 11.9. The highest BCUT2D eigenvalue weighted by Gasteiger charge is 2.22. The highest BCUT2D eigenvalue weighted by atomic mass is 16.5. The molecule has 22 heavy (non-hydrogen) atoms. The second-order valence-corrected chi connectivity index (χ2v) is 4.95. The van der Waals surface area contributed by atoms with E-state index in [9.17, 15) is 20.1 Å². The van der Waals surface area contributed by atoms with E-state index in [2.05, 4.69) is 0 Å². The van der Waals surface area contributed by atoms with Crippen LogP contribution < -0.4 is 4.74 Å². The quantitative estimate of drug-likeness (QED) is 0.583. The summed E-state index contributed by atoms with van der Waals surface area (Å²) in [7, 11) is 0. The van der Waals surface area contributed by atoms with Gasteiger partial charge in [0.1, 0.15) is 11.5 Å². The summed E-state index contributed by atoms with van der Waals surface area (Å²) >= 11 is 0. The molecule has 0 bridgehead atoms. The van der Waals surface area contributed by atoms with Crippen molar-refractivity contribution in [3.05, 3.63) is 47.5 Å². The van der Waals surface area contributed by atoms with Crippen molar-refractivity contribution in [2.24, 2.45) is 0 Å². The summed E-state index contributed by atoms with van der Waals surface area (Å²) in [5.41, 5.74) is 0.940. The Kier molecular flexibility index (Phi) is 4.56. The molecule has 0 radical (unpaired) electrons. The molecule has 116 valence electrons. The average Bonchev–Trinajstić information content (AvgIpc) is 2.50. The lowest BCUT2D eigenvalue weighted by atomic mass is 9.91. The molecule has 0 aromatic heterocycles. The second-order valence-electron chi connectivity index (χ2n) is 4.95. The molecule has 0 saturated carbocycles. The van der Waals surface area contributed by atoms with Crippen LogP contribution in [-0.4, -0.2) is 27.7 Å². The first-order chi connectivity index (χ1) is 10.4. The number of hydrogen-bond acceptors (Lipinski definition) is 5. The summed E-state index contributed by atoms with van der Waals surface area (Å²) in [4.78, 5) is 12.7. The fraction of sp³-hybridized carbons (Fsp3) is 0.235. The molecule has 0 aliphatic heterocycles. The molecule has 3 N–H and O–H groups in total. The monoisotopic (exact) mass is 302 g/mol. The average molecular weight is 302 g/mol. The topological polar surface area (TPSA) is 87.0 Å². The SMILES string of the molecule is CCOc1cc(O)c(O)cc1C(=O)C(C)c1ccc(O)cc1. The van der Waals surface area contributed by atoms with Gasteiger partial charge in [-0.3, -0.25) is 4.79 Å². The number of rotatable bonds is 5. The summed E-state index contributed by atoms with van der Waals surface area (Å²) < 4.78 is 5.37. The van der Waals surface area contributed by atoms with Gasteiger partial charge in [0, 0.05) is 12.0 Å². The molecule has 0 fully saturated rings. The molecule has 5 heteroatoms. The molecule has 1 unspecified atom stereocenters. The van der Waals surface area contributed by atoms with Crippen LogP contribution >= 0.6 is 0 Å². The van der Waals surface area contributed by atoms with Crippen molar-refractivity contribution in [3.8, 4) is 23.0 Å². The standard InChI is InChI=1S/C17H18O5/c1-3-22-16-9-15(20)14(19)8-13(16)17(21)10(2)11-4-6-12(18)7-5-11/h4-10,18-20H,3H2,1-2H3. The van der Waals surface area contributed by atoms with Gasteiger partial charge in [-0.15, -0.1) is 0 Å². The maximum absolute atomic E-state index is 12.7. The Labute approximate surface area is 128 Å². The van der Waals surface area contributed by atoms with Gasteiger partial charge < -0.3 is 20.1 Å². The molecule has 0 aliphatic rings. The lowest BCUT2D eigenvalue weighted by Crippen LogP contribution is -2.11. The van der Waals surface area contributed by atoms with Gasteiger partial charge in [0.25, 0.3) is 0 Å². The Hall–Kier alpha value is -2.69. The molecule has 2 rings (SSSR count). The Bertz CT molecular complexity index is 676. The number of aromatic hydroxyl groups is 3. The molecule has 5 nitrogen and oxygen atoms in total. The van der Waals surface area contributed by atoms with Crippen molar-refractivity contribution < 1.29 is 24.9 Å². The maximum atomic E-state index is 12.7. The van der Waals surface area contributed by atoms with Crippen LogP contribution in [0.2, 0.25) is 0 Å². The van der Waals surface area contributed by atoms with Crippen molar-refractivity contribution in [1.29, 1.82) is 0 Å². The van der Waals surface area contributed by atoms with E-state index in [0.717, 1.165) is 5.56 Å². The molecular formula is C17H18O5. The third kappa shape index (κ3) is 3.14. The summed E-state index contributed by atoms with van der Waals surface area (Å²) in [5.74, 6) is -1.08. The van der Waals surface area contributed by atoms with Crippen LogP contribution in [0.5, 0.6) is 23.0 Å². The molecule has 0 heterocycles. The number of phenols is 3. The fourth-order valence-corrected chi connectivity index (χ4v) is 2.17. The Balaban J connectivity index is 2.39. The minimum atomic E-state index is -0.483. The van der Waals surface area contributed by atoms with Gasteiger partial charge in [-0.25, -0.2) is 0 Å². The molecule has 2 aromatic carbocycles. The highest BCUT2D eigenvalue weighted by Crippen LogP contribution is 2.35. The van der Waals surface area contributed by atoms with Crippen LogP contribution in [0.1, 0.15) is 35.7 Å². The van der Waals surface area contributed by atoms with Crippen molar-refractivity contribution >= 4 is 5.78 Å². The first-order valence-electron chi connectivity index (χ1n) is 6.96. The van der Waals surface area contributed by atoms with Crippen LogP contribution in [0.3, 0.4) is 0 Å². The summed E-state index contributed by atoms with van der Waals surface area (Å²) in [6.07, 6.45) is 0. The number of phenolic OH excluding ortho intramolecular Hbond substituents is 3. The molecule has 2 aromatic rings. The van der Waals surface area contributed by atoms with E-state index in [4.69, 9.17) is 4.74 Å². The Morgan fingerprint density at radius 3 is 2.27 bits per heavy atom. The number of Topliss-reactive ketones (excluding diaryl/α,β-unsaturated/α-hetero) is 1. The minimum Gasteiger partial charge on any atom is -0.508 e. The van der Waals surface area contributed by atoms with E-state index in [0.29, 0.717) is 6.61 Å². The van der Waals surface area contributed by atoms with Gasteiger partial charge >= 0.3 is 0 Å². The lowest BCUT2D eigenvalue weighted by molar-refractivity contribution is 0.0962. The first kappa shape index (κ1) is 15.7. The van der Waals surface area contributed by atoms with E-state index in [1.165, 1.54) is 24.3 Å². The van der Waals surface area contributed by atoms with E-state index in [1.54, 1.807) is 26.0 Å². The largest absolute Gasteiger partial charge is 0.508 e. The van der Waals surface area contributed by atoms with Crippen molar-refractivity contribution in [1.82, 2.24) is 0 Å². The van der Waals surface area contributed by atoms with Gasteiger partial charge in [-0.1, -0.05) is 19.1 Å². The Morgan fingerprint density at radius 2 is 1.68 bits per heavy atom. The zero-order valence-corrected chi connectivity index (χ0v) is 12.4. The van der Waals surface area contributed by atoms with Gasteiger partial charge in [0.05, 0.1) is 12.2 Å². The third-order valence-electron chi connectivity index (χ3n) is 3.43. The minimum absolute atomic E-state index is 0.126. The number of carbonyl (C=O) groups excluding carboxylic acids is 1. The number of ketones is 1. The van der Waals surface area contributed by atoms with E-state index < -0.39 is 5.92 Å². The maximum Gasteiger partial charge on any atom is 0.173 e. The van der Waals surface area contributed by atoms with E-state index >= 15 is 0 Å². The van der Waals surface area contributed by atoms with Crippen LogP contribution in [0.4, 0.5) is 0 Å². The summed E-state index contributed by atoms with van der Waals surface area (Å²) in [6.45, 7) is 3.83. The summed E-state index contributed by atoms with van der Waals surface area (Å²) in [6, 6.07) is 8.79. The fourth-order valence-electron chi connectivity index (χ4n) is 2.17. The summed E-state index contributed by atoms with van der Waals surface area (Å²) in [5, 5.41) is 28.5.